The molecule has 2 aromatic heterocycles. The lowest BCUT2D eigenvalue weighted by molar-refractivity contribution is -0.0809. The molecule has 0 spiro atoms. The minimum absolute atomic E-state index is 0.0783. The van der Waals surface area contributed by atoms with Gasteiger partial charge in [-0.05, 0) is 53.0 Å². The quantitative estimate of drug-likeness (QED) is 0.295. The fourth-order valence-electron chi connectivity index (χ4n) is 6.25. The van der Waals surface area contributed by atoms with Crippen molar-refractivity contribution in [3.63, 3.8) is 0 Å². The molecule has 2 aromatic rings. The van der Waals surface area contributed by atoms with Crippen LogP contribution in [0.2, 0.25) is 0 Å². The Hall–Kier alpha value is -4.10. The third-order valence-corrected chi connectivity index (χ3v) is 7.90. The van der Waals surface area contributed by atoms with Crippen molar-refractivity contribution in [2.24, 2.45) is 5.92 Å². The van der Waals surface area contributed by atoms with Crippen LogP contribution >= 0.6 is 0 Å². The summed E-state index contributed by atoms with van der Waals surface area (Å²) in [6, 6.07) is 0.147. The minimum atomic E-state index is -0.198. The molecule has 0 amide bonds. The van der Waals surface area contributed by atoms with Crippen LogP contribution in [-0.2, 0) is 0 Å². The van der Waals surface area contributed by atoms with Crippen molar-refractivity contribution in [3.8, 4) is 24.0 Å². The number of fused-ring (bicyclic) bond motifs is 2. The number of aromatic nitrogens is 6. The van der Waals surface area contributed by atoms with E-state index < -0.39 is 0 Å². The van der Waals surface area contributed by atoms with Crippen molar-refractivity contribution >= 4 is 11.9 Å². The van der Waals surface area contributed by atoms with Gasteiger partial charge in [0.05, 0.1) is 0 Å². The van der Waals surface area contributed by atoms with Crippen molar-refractivity contribution in [2.45, 2.75) is 57.7 Å². The van der Waals surface area contributed by atoms with Crippen molar-refractivity contribution in [1.82, 2.24) is 40.1 Å². The monoisotopic (exact) mass is 607 g/mol. The van der Waals surface area contributed by atoms with Gasteiger partial charge in [-0.2, -0.15) is 19.9 Å². The van der Waals surface area contributed by atoms with Crippen LogP contribution in [0.25, 0.3) is 0 Å². The maximum absolute atomic E-state index is 5.79. The molecule has 1 N–H and O–H groups in total. The van der Waals surface area contributed by atoms with Gasteiger partial charge in [-0.1, -0.05) is 50.6 Å². The molecule has 238 valence electrons. The van der Waals surface area contributed by atoms with Crippen molar-refractivity contribution in [2.75, 3.05) is 51.0 Å². The second-order valence-electron chi connectivity index (χ2n) is 11.7. The fraction of sp³-hybridized carbons (Fsp3) is 0.548. The van der Waals surface area contributed by atoms with Gasteiger partial charge in [0.1, 0.15) is 26.4 Å². The molecule has 0 aromatic carbocycles. The third-order valence-electron chi connectivity index (χ3n) is 7.90. The number of nitrogens with zero attached hydrogens (tertiary/aromatic N) is 8. The van der Waals surface area contributed by atoms with Gasteiger partial charge in [0.25, 0.3) is 0 Å². The highest BCUT2D eigenvalue weighted by Gasteiger charge is 2.54. The molecular weight excluding hydrogens is 562 g/mol. The molecule has 2 saturated heterocycles. The predicted octanol–water partition coefficient (Wildman–Crippen LogP) is 3.69. The SMILES string of the molecule is C=CCOc1nc(OCC=C)nc(N(c2nc(OCC=C)nc(OCC=C)n2)C2CC(C)(C)N3CCNCCC2C3(C)C)n1. The number of piperidine rings is 1. The zero-order valence-electron chi connectivity index (χ0n) is 26.4. The Labute approximate surface area is 260 Å². The van der Waals surface area contributed by atoms with E-state index in [-0.39, 0.29) is 85.4 Å². The van der Waals surface area contributed by atoms with Crippen LogP contribution in [0.1, 0.15) is 40.5 Å². The average Bonchev–Trinajstić information content (AvgIpc) is 2.98. The van der Waals surface area contributed by atoms with E-state index in [9.17, 15) is 0 Å². The number of hydrogen-bond donors (Lipinski definition) is 1. The highest BCUT2D eigenvalue weighted by atomic mass is 16.5. The van der Waals surface area contributed by atoms with Crippen LogP contribution in [0.15, 0.2) is 50.6 Å². The second-order valence-corrected chi connectivity index (χ2v) is 11.7. The van der Waals surface area contributed by atoms with E-state index in [0.717, 1.165) is 32.5 Å². The highest BCUT2D eigenvalue weighted by molar-refractivity contribution is 5.52. The molecule has 13 nitrogen and oxygen atoms in total. The van der Waals surface area contributed by atoms with Crippen LogP contribution in [0, 0.1) is 5.92 Å². The Morgan fingerprint density at radius 2 is 1.16 bits per heavy atom. The number of nitrogens with one attached hydrogen (secondary N) is 1. The first-order valence-corrected chi connectivity index (χ1v) is 14.9. The topological polar surface area (TPSA) is 133 Å². The molecule has 4 heterocycles. The van der Waals surface area contributed by atoms with Crippen molar-refractivity contribution in [1.29, 1.82) is 0 Å². The lowest BCUT2D eigenvalue weighted by Crippen LogP contribution is -2.70. The lowest BCUT2D eigenvalue weighted by atomic mass is 9.67. The van der Waals surface area contributed by atoms with Crippen LogP contribution in [0.4, 0.5) is 11.9 Å². The summed E-state index contributed by atoms with van der Waals surface area (Å²) < 4.78 is 23.2. The zero-order chi connectivity index (χ0) is 31.7. The molecule has 0 radical (unpaired) electrons. The van der Waals surface area contributed by atoms with Gasteiger partial charge in [-0.15, -0.1) is 9.97 Å². The predicted molar refractivity (Wildman–Crippen MR) is 169 cm³/mol. The summed E-state index contributed by atoms with van der Waals surface area (Å²) in [5.74, 6) is 0.657. The Kier molecular flexibility index (Phi) is 10.9. The summed E-state index contributed by atoms with van der Waals surface area (Å²) in [7, 11) is 0. The van der Waals surface area contributed by atoms with Crippen molar-refractivity contribution < 1.29 is 18.9 Å². The molecule has 44 heavy (non-hydrogen) atoms. The van der Waals surface area contributed by atoms with E-state index >= 15 is 0 Å². The number of ether oxygens (including phenoxy) is 4. The third kappa shape index (κ3) is 7.51. The molecule has 3 atom stereocenters. The molecule has 13 heteroatoms. The van der Waals surface area contributed by atoms with E-state index in [2.05, 4.69) is 74.2 Å². The molecular formula is C31H45N9O4. The van der Waals surface area contributed by atoms with Crippen LogP contribution < -0.4 is 29.2 Å². The average molecular weight is 608 g/mol. The molecule has 3 unspecified atom stereocenters. The molecule has 2 fully saturated rings. The number of anilines is 2. The largest absolute Gasteiger partial charge is 0.459 e. The van der Waals surface area contributed by atoms with Gasteiger partial charge in [-0.3, -0.25) is 9.80 Å². The Morgan fingerprint density at radius 1 is 0.727 bits per heavy atom. The summed E-state index contributed by atoms with van der Waals surface area (Å²) in [4.78, 5) is 32.2. The van der Waals surface area contributed by atoms with E-state index in [1.54, 1.807) is 24.3 Å². The van der Waals surface area contributed by atoms with Crippen LogP contribution in [0.5, 0.6) is 24.0 Å². The van der Waals surface area contributed by atoms with Gasteiger partial charge < -0.3 is 24.3 Å². The van der Waals surface area contributed by atoms with E-state index in [0.29, 0.717) is 0 Å². The Bertz CT molecular complexity index is 1190. The van der Waals surface area contributed by atoms with E-state index in [1.807, 2.05) is 4.90 Å². The first-order chi connectivity index (χ1) is 21.1. The van der Waals surface area contributed by atoms with Gasteiger partial charge >= 0.3 is 24.0 Å². The summed E-state index contributed by atoms with van der Waals surface area (Å²) in [6.45, 7) is 27.7. The summed E-state index contributed by atoms with van der Waals surface area (Å²) >= 11 is 0. The number of hydrogen-bond acceptors (Lipinski definition) is 13. The lowest BCUT2D eigenvalue weighted by Gasteiger charge is -2.61. The molecule has 0 aliphatic carbocycles. The van der Waals surface area contributed by atoms with E-state index in [4.69, 9.17) is 38.9 Å². The zero-order valence-corrected chi connectivity index (χ0v) is 26.4. The first-order valence-electron chi connectivity index (χ1n) is 14.9. The minimum Gasteiger partial charge on any atom is -0.459 e. The first kappa shape index (κ1) is 32.8. The van der Waals surface area contributed by atoms with Crippen LogP contribution in [0.3, 0.4) is 0 Å². The highest BCUT2D eigenvalue weighted by Crippen LogP contribution is 2.47. The molecule has 2 aliphatic rings. The second kappa shape index (κ2) is 14.6. The van der Waals surface area contributed by atoms with Crippen LogP contribution in [-0.4, -0.2) is 98.0 Å². The van der Waals surface area contributed by atoms with Gasteiger partial charge in [0.2, 0.25) is 11.9 Å². The maximum atomic E-state index is 5.79. The molecule has 2 bridgehead atoms. The Morgan fingerprint density at radius 3 is 1.57 bits per heavy atom. The molecule has 4 rings (SSSR count). The summed E-state index contributed by atoms with van der Waals surface area (Å²) in [5, 5.41) is 3.60. The standard InChI is InChI=1S/C31H45N9O4/c1-9-17-41-26-33-24(34-27(37-26)42-18-10-2)40(25-35-28(43-19-11-3)38-29(36-25)44-20-12-4)23-21-30(5,6)39-16-15-32-14-13-22(23)31(39,7)8/h9-12,22-23,32H,1-4,13-21H2,5-8H3. The Balaban J connectivity index is 1.96. The summed E-state index contributed by atoms with van der Waals surface area (Å²) in [6.07, 6.45) is 8.13. The molecule has 0 saturated carbocycles. The van der Waals surface area contributed by atoms with Gasteiger partial charge in [0.15, 0.2) is 0 Å². The fourth-order valence-corrected chi connectivity index (χ4v) is 6.25. The molecule has 2 aliphatic heterocycles. The number of rotatable bonds is 15. The smallest absolute Gasteiger partial charge is 0.324 e. The normalized spacial score (nSPS) is 22.0. The maximum Gasteiger partial charge on any atom is 0.324 e. The van der Waals surface area contributed by atoms with Crippen molar-refractivity contribution in [3.05, 3.63) is 50.6 Å². The van der Waals surface area contributed by atoms with E-state index in [1.165, 1.54) is 0 Å². The van der Waals surface area contributed by atoms with Gasteiger partial charge in [0, 0.05) is 30.2 Å². The van der Waals surface area contributed by atoms with Gasteiger partial charge in [-0.25, -0.2) is 0 Å². The summed E-state index contributed by atoms with van der Waals surface area (Å²) in [5.41, 5.74) is -0.391.